The van der Waals surface area contributed by atoms with Crippen molar-refractivity contribution in [2.75, 3.05) is 6.54 Å². The Hall–Kier alpha value is -0.820. The van der Waals surface area contributed by atoms with Gasteiger partial charge in [0.05, 0.1) is 0 Å². The highest BCUT2D eigenvalue weighted by Crippen LogP contribution is 2.17. The minimum Gasteiger partial charge on any atom is -0.314 e. The fourth-order valence-electron chi connectivity index (χ4n) is 2.03. The van der Waals surface area contributed by atoms with E-state index in [1.807, 2.05) is 0 Å². The van der Waals surface area contributed by atoms with E-state index in [1.54, 1.807) is 0 Å². The van der Waals surface area contributed by atoms with Gasteiger partial charge in [-0.25, -0.2) is 0 Å². The van der Waals surface area contributed by atoms with Crippen molar-refractivity contribution in [1.82, 2.24) is 5.32 Å². The fourth-order valence-corrected chi connectivity index (χ4v) is 2.03. The summed E-state index contributed by atoms with van der Waals surface area (Å²) >= 11 is 0. The number of rotatable bonds is 6. The van der Waals surface area contributed by atoms with Gasteiger partial charge >= 0.3 is 0 Å². The molecule has 0 fully saturated rings. The number of nitrogens with one attached hydrogen (secondary N) is 1. The van der Waals surface area contributed by atoms with Crippen molar-refractivity contribution < 1.29 is 0 Å². The zero-order valence-corrected chi connectivity index (χ0v) is 12.0. The second-order valence-electron chi connectivity index (χ2n) is 5.71. The lowest BCUT2D eigenvalue weighted by molar-refractivity contribution is 0.354. The molecule has 0 aliphatic rings. The summed E-state index contributed by atoms with van der Waals surface area (Å²) in [5.74, 6) is 1.45. The van der Waals surface area contributed by atoms with Crippen molar-refractivity contribution >= 4 is 0 Å². The molecule has 17 heavy (non-hydrogen) atoms. The van der Waals surface area contributed by atoms with Crippen LogP contribution in [0.4, 0.5) is 0 Å². The first-order valence-corrected chi connectivity index (χ1v) is 6.78. The summed E-state index contributed by atoms with van der Waals surface area (Å²) in [6, 6.07) is 9.46. The minimum atomic E-state index is 0.587. The van der Waals surface area contributed by atoms with Gasteiger partial charge in [-0.3, -0.25) is 0 Å². The molecular formula is C16H27N. The summed E-state index contributed by atoms with van der Waals surface area (Å²) < 4.78 is 0. The highest BCUT2D eigenvalue weighted by molar-refractivity contribution is 5.22. The van der Waals surface area contributed by atoms with Gasteiger partial charge in [0.2, 0.25) is 0 Å². The normalized spacial score (nSPS) is 14.9. The van der Waals surface area contributed by atoms with Crippen LogP contribution in [0.2, 0.25) is 0 Å². The third-order valence-corrected chi connectivity index (χ3v) is 3.46. The van der Waals surface area contributed by atoms with Crippen LogP contribution in [-0.2, 0) is 6.42 Å². The molecule has 96 valence electrons. The average molecular weight is 233 g/mol. The van der Waals surface area contributed by atoms with E-state index in [-0.39, 0.29) is 0 Å². The number of aryl methyl sites for hydroxylation is 1. The molecule has 1 heteroatoms. The van der Waals surface area contributed by atoms with Crippen molar-refractivity contribution in [3.05, 3.63) is 35.4 Å². The summed E-state index contributed by atoms with van der Waals surface area (Å²) in [5, 5.41) is 3.52. The Balaban J connectivity index is 2.45. The van der Waals surface area contributed by atoms with Crippen LogP contribution in [0.5, 0.6) is 0 Å². The van der Waals surface area contributed by atoms with E-state index in [1.165, 1.54) is 17.5 Å². The molecule has 0 saturated carbocycles. The largest absolute Gasteiger partial charge is 0.314 e. The Morgan fingerprint density at radius 1 is 1.06 bits per heavy atom. The van der Waals surface area contributed by atoms with Crippen LogP contribution < -0.4 is 5.32 Å². The number of hydrogen-bond donors (Lipinski definition) is 1. The summed E-state index contributed by atoms with van der Waals surface area (Å²) in [5.41, 5.74) is 2.83. The Kier molecular flexibility index (Phi) is 5.70. The van der Waals surface area contributed by atoms with Crippen LogP contribution in [0.25, 0.3) is 0 Å². The van der Waals surface area contributed by atoms with Crippen LogP contribution in [0, 0.1) is 18.8 Å². The molecule has 0 spiro atoms. The van der Waals surface area contributed by atoms with Gasteiger partial charge in [-0.1, -0.05) is 57.5 Å². The Bertz CT molecular complexity index is 330. The van der Waals surface area contributed by atoms with Gasteiger partial charge in [-0.15, -0.1) is 0 Å². The topological polar surface area (TPSA) is 12.0 Å². The first-order chi connectivity index (χ1) is 7.99. The van der Waals surface area contributed by atoms with Gasteiger partial charge < -0.3 is 5.32 Å². The number of hydrogen-bond acceptors (Lipinski definition) is 1. The molecule has 1 rings (SSSR count). The highest BCUT2D eigenvalue weighted by Gasteiger charge is 2.13. The second-order valence-corrected chi connectivity index (χ2v) is 5.71. The molecule has 1 nitrogen and oxygen atoms in total. The molecule has 2 unspecified atom stereocenters. The molecular weight excluding hydrogens is 206 g/mol. The second kappa shape index (κ2) is 6.80. The van der Waals surface area contributed by atoms with E-state index in [4.69, 9.17) is 0 Å². The van der Waals surface area contributed by atoms with Gasteiger partial charge in [-0.2, -0.15) is 0 Å². The van der Waals surface area contributed by atoms with Crippen molar-refractivity contribution in [3.63, 3.8) is 0 Å². The predicted molar refractivity (Wildman–Crippen MR) is 76.3 cm³/mol. The Labute approximate surface area is 107 Å². The SMILES string of the molecule is Cc1cccc(CC(C)C(C)CNC(C)C)c1. The lowest BCUT2D eigenvalue weighted by atomic mass is 9.89. The van der Waals surface area contributed by atoms with E-state index in [2.05, 4.69) is 64.2 Å². The van der Waals surface area contributed by atoms with Gasteiger partial charge in [0.1, 0.15) is 0 Å². The third-order valence-electron chi connectivity index (χ3n) is 3.46. The molecule has 0 saturated heterocycles. The molecule has 0 heterocycles. The summed E-state index contributed by atoms with van der Waals surface area (Å²) in [4.78, 5) is 0. The van der Waals surface area contributed by atoms with E-state index >= 15 is 0 Å². The molecule has 0 amide bonds. The monoisotopic (exact) mass is 233 g/mol. The van der Waals surface area contributed by atoms with Crippen LogP contribution in [0.15, 0.2) is 24.3 Å². The Morgan fingerprint density at radius 3 is 2.35 bits per heavy atom. The summed E-state index contributed by atoms with van der Waals surface area (Å²) in [7, 11) is 0. The van der Waals surface area contributed by atoms with E-state index in [0.29, 0.717) is 6.04 Å². The van der Waals surface area contributed by atoms with E-state index in [9.17, 15) is 0 Å². The first kappa shape index (κ1) is 14.2. The lowest BCUT2D eigenvalue weighted by Crippen LogP contribution is -2.31. The molecule has 0 radical (unpaired) electrons. The molecule has 0 bridgehead atoms. The fraction of sp³-hybridized carbons (Fsp3) is 0.625. The first-order valence-electron chi connectivity index (χ1n) is 6.78. The minimum absolute atomic E-state index is 0.587. The van der Waals surface area contributed by atoms with Gasteiger partial charge in [0.25, 0.3) is 0 Å². The maximum atomic E-state index is 3.52. The van der Waals surface area contributed by atoms with Gasteiger partial charge in [-0.05, 0) is 37.3 Å². The molecule has 0 aliphatic carbocycles. The van der Waals surface area contributed by atoms with Crippen molar-refractivity contribution in [2.24, 2.45) is 11.8 Å². The Morgan fingerprint density at radius 2 is 1.76 bits per heavy atom. The van der Waals surface area contributed by atoms with Crippen LogP contribution >= 0.6 is 0 Å². The molecule has 0 aromatic heterocycles. The maximum absolute atomic E-state index is 3.52. The van der Waals surface area contributed by atoms with Crippen molar-refractivity contribution in [2.45, 2.75) is 47.1 Å². The maximum Gasteiger partial charge on any atom is 0.00104 e. The zero-order valence-electron chi connectivity index (χ0n) is 12.0. The van der Waals surface area contributed by atoms with Crippen molar-refractivity contribution in [3.8, 4) is 0 Å². The smallest absolute Gasteiger partial charge is 0.00104 e. The van der Waals surface area contributed by atoms with Crippen molar-refractivity contribution in [1.29, 1.82) is 0 Å². The standard InChI is InChI=1S/C16H27N/c1-12(2)17-11-15(5)14(4)10-16-8-6-7-13(3)9-16/h6-9,12,14-15,17H,10-11H2,1-5H3. The quantitative estimate of drug-likeness (QED) is 0.788. The predicted octanol–water partition coefficient (Wildman–Crippen LogP) is 3.81. The van der Waals surface area contributed by atoms with Gasteiger partial charge in [0, 0.05) is 6.04 Å². The zero-order chi connectivity index (χ0) is 12.8. The van der Waals surface area contributed by atoms with Crippen LogP contribution in [-0.4, -0.2) is 12.6 Å². The lowest BCUT2D eigenvalue weighted by Gasteiger charge is -2.22. The van der Waals surface area contributed by atoms with Crippen LogP contribution in [0.1, 0.15) is 38.8 Å². The third kappa shape index (κ3) is 5.36. The van der Waals surface area contributed by atoms with E-state index < -0.39 is 0 Å². The van der Waals surface area contributed by atoms with Crippen LogP contribution in [0.3, 0.4) is 0 Å². The summed E-state index contributed by atoms with van der Waals surface area (Å²) in [6.45, 7) is 12.4. The van der Waals surface area contributed by atoms with E-state index in [0.717, 1.165) is 18.4 Å². The molecule has 2 atom stereocenters. The number of benzene rings is 1. The molecule has 1 N–H and O–H groups in total. The molecule has 0 aliphatic heterocycles. The average Bonchev–Trinajstić information content (AvgIpc) is 2.25. The summed E-state index contributed by atoms with van der Waals surface area (Å²) in [6.07, 6.45) is 1.18. The molecule has 1 aromatic carbocycles. The molecule has 1 aromatic rings. The highest BCUT2D eigenvalue weighted by atomic mass is 14.9. The van der Waals surface area contributed by atoms with Gasteiger partial charge in [0.15, 0.2) is 0 Å².